The van der Waals surface area contributed by atoms with Crippen molar-refractivity contribution in [3.63, 3.8) is 0 Å². The van der Waals surface area contributed by atoms with E-state index in [4.69, 9.17) is 15.2 Å². The number of ether oxygens (including phenoxy) is 2. The molecule has 4 heteroatoms. The minimum absolute atomic E-state index is 0.437. The predicted octanol–water partition coefficient (Wildman–Crippen LogP) is 2.92. The van der Waals surface area contributed by atoms with Crippen LogP contribution in [0.25, 0.3) is 0 Å². The summed E-state index contributed by atoms with van der Waals surface area (Å²) < 4.78 is 10.7. The van der Waals surface area contributed by atoms with Gasteiger partial charge in [0.25, 0.3) is 0 Å². The topological polar surface area (TPSA) is 47.7 Å². The SMILES string of the molecule is CCOc1cc(N)cc(N(CCOC)C(C)CC)c1. The summed E-state index contributed by atoms with van der Waals surface area (Å²) in [4.78, 5) is 2.31. The molecule has 0 spiro atoms. The fourth-order valence-corrected chi connectivity index (χ4v) is 2.04. The van der Waals surface area contributed by atoms with Crippen molar-refractivity contribution in [2.75, 3.05) is 37.5 Å². The summed E-state index contributed by atoms with van der Waals surface area (Å²) in [6.07, 6.45) is 1.07. The van der Waals surface area contributed by atoms with E-state index in [2.05, 4.69) is 18.7 Å². The normalized spacial score (nSPS) is 12.2. The highest BCUT2D eigenvalue weighted by Gasteiger charge is 2.14. The quantitative estimate of drug-likeness (QED) is 0.735. The van der Waals surface area contributed by atoms with Crippen molar-refractivity contribution in [2.45, 2.75) is 33.2 Å². The Morgan fingerprint density at radius 1 is 1.26 bits per heavy atom. The molecule has 0 aromatic heterocycles. The summed E-state index contributed by atoms with van der Waals surface area (Å²) in [6, 6.07) is 6.33. The number of anilines is 2. The zero-order chi connectivity index (χ0) is 14.3. The molecular formula is C15H26N2O2. The van der Waals surface area contributed by atoms with Crippen molar-refractivity contribution in [2.24, 2.45) is 0 Å². The van der Waals surface area contributed by atoms with Gasteiger partial charge in [0.05, 0.1) is 13.2 Å². The first-order valence-electron chi connectivity index (χ1n) is 6.91. The Kier molecular flexibility index (Phi) is 6.50. The maximum Gasteiger partial charge on any atom is 0.123 e. The molecule has 0 aliphatic carbocycles. The van der Waals surface area contributed by atoms with Crippen LogP contribution in [0.3, 0.4) is 0 Å². The van der Waals surface area contributed by atoms with Crippen LogP contribution in [-0.4, -0.2) is 32.9 Å². The lowest BCUT2D eigenvalue weighted by Crippen LogP contribution is -2.35. The van der Waals surface area contributed by atoms with Crippen LogP contribution < -0.4 is 15.4 Å². The molecule has 0 saturated carbocycles. The van der Waals surface area contributed by atoms with E-state index in [9.17, 15) is 0 Å². The smallest absolute Gasteiger partial charge is 0.123 e. The van der Waals surface area contributed by atoms with Gasteiger partial charge in [-0.15, -0.1) is 0 Å². The average Bonchev–Trinajstić information content (AvgIpc) is 2.38. The van der Waals surface area contributed by atoms with Crippen molar-refractivity contribution in [3.05, 3.63) is 18.2 Å². The van der Waals surface area contributed by atoms with Crippen molar-refractivity contribution < 1.29 is 9.47 Å². The van der Waals surface area contributed by atoms with Gasteiger partial charge in [-0.25, -0.2) is 0 Å². The summed E-state index contributed by atoms with van der Waals surface area (Å²) in [5.74, 6) is 0.822. The number of benzene rings is 1. The molecule has 0 heterocycles. The monoisotopic (exact) mass is 266 g/mol. The van der Waals surface area contributed by atoms with Gasteiger partial charge in [0.1, 0.15) is 5.75 Å². The zero-order valence-electron chi connectivity index (χ0n) is 12.5. The van der Waals surface area contributed by atoms with Crippen LogP contribution >= 0.6 is 0 Å². The third kappa shape index (κ3) is 4.63. The van der Waals surface area contributed by atoms with Crippen molar-refractivity contribution in [1.82, 2.24) is 0 Å². The number of hydrogen-bond donors (Lipinski definition) is 1. The van der Waals surface area contributed by atoms with E-state index in [0.717, 1.165) is 30.1 Å². The van der Waals surface area contributed by atoms with Gasteiger partial charge in [-0.3, -0.25) is 0 Å². The Labute approximate surface area is 116 Å². The lowest BCUT2D eigenvalue weighted by Gasteiger charge is -2.31. The van der Waals surface area contributed by atoms with E-state index in [0.29, 0.717) is 19.3 Å². The second kappa shape index (κ2) is 7.89. The number of nitrogens with two attached hydrogens (primary N) is 1. The third-order valence-corrected chi connectivity index (χ3v) is 3.22. The molecule has 0 saturated heterocycles. The minimum atomic E-state index is 0.437. The number of methoxy groups -OCH3 is 1. The molecule has 0 fully saturated rings. The van der Waals surface area contributed by atoms with Crippen LogP contribution in [0.4, 0.5) is 11.4 Å². The molecule has 19 heavy (non-hydrogen) atoms. The number of nitrogen functional groups attached to an aromatic ring is 1. The second-order valence-electron chi connectivity index (χ2n) is 4.64. The molecule has 0 aliphatic rings. The molecule has 1 unspecified atom stereocenters. The molecule has 4 nitrogen and oxygen atoms in total. The summed E-state index contributed by atoms with van der Waals surface area (Å²) in [5.41, 5.74) is 7.78. The van der Waals surface area contributed by atoms with Crippen LogP contribution in [0.1, 0.15) is 27.2 Å². The highest BCUT2D eigenvalue weighted by atomic mass is 16.5. The van der Waals surface area contributed by atoms with E-state index in [-0.39, 0.29) is 0 Å². The Morgan fingerprint density at radius 3 is 2.58 bits per heavy atom. The Balaban J connectivity index is 2.99. The standard InChI is InChI=1S/C15H26N2O2/c1-5-12(3)17(7-8-18-4)14-9-13(16)10-15(11-14)19-6-2/h9-12H,5-8,16H2,1-4H3. The predicted molar refractivity (Wildman–Crippen MR) is 81.0 cm³/mol. The molecule has 0 bridgehead atoms. The lowest BCUT2D eigenvalue weighted by molar-refractivity contribution is 0.203. The maximum absolute atomic E-state index is 5.96. The summed E-state index contributed by atoms with van der Waals surface area (Å²) >= 11 is 0. The van der Waals surface area contributed by atoms with E-state index in [1.54, 1.807) is 7.11 Å². The zero-order valence-corrected chi connectivity index (χ0v) is 12.5. The maximum atomic E-state index is 5.96. The van der Waals surface area contributed by atoms with Crippen molar-refractivity contribution >= 4 is 11.4 Å². The number of hydrogen-bond acceptors (Lipinski definition) is 4. The third-order valence-electron chi connectivity index (χ3n) is 3.22. The van der Waals surface area contributed by atoms with Gasteiger partial charge in [-0.2, -0.15) is 0 Å². The fraction of sp³-hybridized carbons (Fsp3) is 0.600. The van der Waals surface area contributed by atoms with Crippen molar-refractivity contribution in [3.8, 4) is 5.75 Å². The van der Waals surface area contributed by atoms with Gasteiger partial charge in [0.15, 0.2) is 0 Å². The van der Waals surface area contributed by atoms with E-state index in [1.165, 1.54) is 0 Å². The molecule has 1 aromatic carbocycles. The summed E-state index contributed by atoms with van der Waals surface area (Å²) in [5, 5.41) is 0. The van der Waals surface area contributed by atoms with Gasteiger partial charge in [-0.05, 0) is 26.3 Å². The Morgan fingerprint density at radius 2 is 2.00 bits per heavy atom. The van der Waals surface area contributed by atoms with E-state index >= 15 is 0 Å². The van der Waals surface area contributed by atoms with Gasteiger partial charge in [0, 0.05) is 43.2 Å². The molecule has 108 valence electrons. The first kappa shape index (κ1) is 15.6. The molecular weight excluding hydrogens is 240 g/mol. The largest absolute Gasteiger partial charge is 0.494 e. The number of rotatable bonds is 8. The molecule has 0 radical (unpaired) electrons. The van der Waals surface area contributed by atoms with Gasteiger partial charge < -0.3 is 20.1 Å². The second-order valence-corrected chi connectivity index (χ2v) is 4.64. The van der Waals surface area contributed by atoms with Gasteiger partial charge in [0.2, 0.25) is 0 Å². The molecule has 0 aliphatic heterocycles. The van der Waals surface area contributed by atoms with Crippen molar-refractivity contribution in [1.29, 1.82) is 0 Å². The van der Waals surface area contributed by atoms with Crippen LogP contribution in [-0.2, 0) is 4.74 Å². The van der Waals surface area contributed by atoms with E-state index < -0.39 is 0 Å². The molecule has 2 N–H and O–H groups in total. The van der Waals surface area contributed by atoms with Crippen LogP contribution in [0.15, 0.2) is 18.2 Å². The highest BCUT2D eigenvalue weighted by molar-refractivity contribution is 5.61. The molecule has 0 amide bonds. The molecule has 1 aromatic rings. The van der Waals surface area contributed by atoms with E-state index in [1.807, 2.05) is 25.1 Å². The summed E-state index contributed by atoms with van der Waals surface area (Å²) in [7, 11) is 1.72. The Hall–Kier alpha value is -1.42. The number of nitrogens with zero attached hydrogens (tertiary/aromatic N) is 1. The summed E-state index contributed by atoms with van der Waals surface area (Å²) in [6.45, 7) is 8.55. The molecule has 1 rings (SSSR count). The Bertz CT molecular complexity index is 382. The van der Waals surface area contributed by atoms with Crippen LogP contribution in [0.2, 0.25) is 0 Å². The fourth-order valence-electron chi connectivity index (χ4n) is 2.04. The first-order chi connectivity index (χ1) is 9.12. The highest BCUT2D eigenvalue weighted by Crippen LogP contribution is 2.27. The first-order valence-corrected chi connectivity index (χ1v) is 6.91. The average molecular weight is 266 g/mol. The van der Waals surface area contributed by atoms with Gasteiger partial charge in [-0.1, -0.05) is 6.92 Å². The molecule has 1 atom stereocenters. The van der Waals surface area contributed by atoms with Crippen LogP contribution in [0, 0.1) is 0 Å². The minimum Gasteiger partial charge on any atom is -0.494 e. The lowest BCUT2D eigenvalue weighted by atomic mass is 10.1. The van der Waals surface area contributed by atoms with Crippen LogP contribution in [0.5, 0.6) is 5.75 Å². The van der Waals surface area contributed by atoms with Gasteiger partial charge >= 0.3 is 0 Å².